The third-order valence-electron chi connectivity index (χ3n) is 5.31. The Kier molecular flexibility index (Phi) is 4.01. The molecule has 2 fully saturated rings. The van der Waals surface area contributed by atoms with Crippen molar-refractivity contribution in [3.8, 4) is 0 Å². The summed E-state index contributed by atoms with van der Waals surface area (Å²) in [5.41, 5.74) is 3.80. The molecule has 126 valence electrons. The number of hydrogen-bond donors (Lipinski definition) is 1. The zero-order valence-electron chi connectivity index (χ0n) is 14.3. The number of nitrogens with one attached hydrogen (secondary N) is 1. The Hall–Kier alpha value is -1.94. The molecule has 1 N–H and O–H groups in total. The van der Waals surface area contributed by atoms with Gasteiger partial charge in [0.05, 0.1) is 5.69 Å². The predicted molar refractivity (Wildman–Crippen MR) is 92.3 cm³/mol. The number of aryl methyl sites for hydroxylation is 2. The Balaban J connectivity index is 1.42. The number of aromatic nitrogens is 1. The lowest BCUT2D eigenvalue weighted by Gasteiger charge is -2.06. The molecule has 2 aromatic rings. The van der Waals surface area contributed by atoms with Gasteiger partial charge in [0.1, 0.15) is 5.76 Å². The highest BCUT2D eigenvalue weighted by Crippen LogP contribution is 2.42. The molecule has 2 saturated carbocycles. The lowest BCUT2D eigenvalue weighted by atomic mass is 9.99. The largest absolute Gasteiger partial charge is 0.361 e. The highest BCUT2D eigenvalue weighted by atomic mass is 16.5. The van der Waals surface area contributed by atoms with E-state index in [0.29, 0.717) is 18.4 Å². The summed E-state index contributed by atoms with van der Waals surface area (Å²) in [7, 11) is 0. The average Bonchev–Trinajstić information content (AvgIpc) is 3.49. The van der Waals surface area contributed by atoms with E-state index in [-0.39, 0.29) is 5.78 Å². The monoisotopic (exact) mass is 324 g/mol. The van der Waals surface area contributed by atoms with Crippen molar-refractivity contribution < 1.29 is 9.32 Å². The van der Waals surface area contributed by atoms with Gasteiger partial charge in [0.25, 0.3) is 0 Å². The summed E-state index contributed by atoms with van der Waals surface area (Å²) < 4.78 is 5.16. The number of benzene rings is 1. The van der Waals surface area contributed by atoms with Crippen molar-refractivity contribution >= 4 is 5.78 Å². The van der Waals surface area contributed by atoms with Gasteiger partial charge >= 0.3 is 0 Å². The topological polar surface area (TPSA) is 55.1 Å². The molecule has 0 radical (unpaired) electrons. The zero-order chi connectivity index (χ0) is 16.7. The fraction of sp³-hybridized carbons (Fsp3) is 0.500. The first-order chi connectivity index (χ1) is 11.6. The number of Topliss-reactive ketones (excluding diaryl/α,β-unsaturated/α-hetero) is 1. The van der Waals surface area contributed by atoms with Gasteiger partial charge in [-0.15, -0.1) is 0 Å². The summed E-state index contributed by atoms with van der Waals surface area (Å²) in [6.45, 7) is 4.90. The molecule has 4 nitrogen and oxygen atoms in total. The van der Waals surface area contributed by atoms with Crippen LogP contribution in [0.4, 0.5) is 0 Å². The van der Waals surface area contributed by atoms with Gasteiger partial charge in [-0.1, -0.05) is 23.4 Å². The Morgan fingerprint density at radius 2 is 2.17 bits per heavy atom. The number of carbonyl (C=O) groups is 1. The molecule has 1 heterocycles. The SMILES string of the molecule is Cc1noc(C)c1CC(=O)c1cccc(C2CC2NCC2CC2)c1. The summed E-state index contributed by atoms with van der Waals surface area (Å²) in [5, 5.41) is 7.59. The van der Waals surface area contributed by atoms with Gasteiger partial charge in [0.15, 0.2) is 5.78 Å². The summed E-state index contributed by atoms with van der Waals surface area (Å²) >= 11 is 0. The van der Waals surface area contributed by atoms with E-state index in [1.807, 2.05) is 26.0 Å². The Morgan fingerprint density at radius 3 is 2.88 bits per heavy atom. The van der Waals surface area contributed by atoms with Crippen LogP contribution in [-0.4, -0.2) is 23.5 Å². The van der Waals surface area contributed by atoms with E-state index in [0.717, 1.165) is 35.0 Å². The van der Waals surface area contributed by atoms with Crippen LogP contribution in [0, 0.1) is 19.8 Å². The lowest BCUT2D eigenvalue weighted by Crippen LogP contribution is -2.20. The Labute approximate surface area is 142 Å². The van der Waals surface area contributed by atoms with Crippen molar-refractivity contribution in [1.82, 2.24) is 10.5 Å². The number of hydrogen-bond acceptors (Lipinski definition) is 4. The molecule has 1 aromatic carbocycles. The molecule has 24 heavy (non-hydrogen) atoms. The van der Waals surface area contributed by atoms with E-state index in [9.17, 15) is 4.79 Å². The van der Waals surface area contributed by atoms with Crippen LogP contribution < -0.4 is 5.32 Å². The minimum atomic E-state index is 0.134. The third-order valence-corrected chi connectivity index (χ3v) is 5.31. The molecule has 2 atom stereocenters. The number of carbonyl (C=O) groups excluding carboxylic acids is 1. The van der Waals surface area contributed by atoms with Gasteiger partial charge in [0, 0.05) is 29.5 Å². The quantitative estimate of drug-likeness (QED) is 0.791. The fourth-order valence-electron chi connectivity index (χ4n) is 3.39. The standard InChI is InChI=1S/C20H24N2O2/c1-12-17(13(2)24-22-12)10-20(23)16-5-3-4-15(8-16)18-9-19(18)21-11-14-6-7-14/h3-5,8,14,18-19,21H,6-7,9-11H2,1-2H3. The van der Waals surface area contributed by atoms with Crippen LogP contribution in [0.1, 0.15) is 58.1 Å². The van der Waals surface area contributed by atoms with Crippen molar-refractivity contribution in [3.63, 3.8) is 0 Å². The molecule has 4 rings (SSSR count). The van der Waals surface area contributed by atoms with E-state index >= 15 is 0 Å². The van der Waals surface area contributed by atoms with Crippen molar-refractivity contribution in [2.75, 3.05) is 6.54 Å². The fourth-order valence-corrected chi connectivity index (χ4v) is 3.39. The Bertz CT molecular complexity index is 741. The minimum Gasteiger partial charge on any atom is -0.361 e. The van der Waals surface area contributed by atoms with E-state index in [4.69, 9.17) is 4.52 Å². The maximum absolute atomic E-state index is 12.6. The molecule has 1 aromatic heterocycles. The molecular formula is C20H24N2O2. The normalized spacial score (nSPS) is 22.6. The molecule has 4 heteroatoms. The van der Waals surface area contributed by atoms with E-state index in [2.05, 4.69) is 22.6 Å². The van der Waals surface area contributed by atoms with Crippen LogP contribution in [0.3, 0.4) is 0 Å². The molecule has 2 aliphatic rings. The zero-order valence-corrected chi connectivity index (χ0v) is 14.3. The summed E-state index contributed by atoms with van der Waals surface area (Å²) in [6, 6.07) is 8.74. The van der Waals surface area contributed by atoms with Gasteiger partial charge in [-0.3, -0.25) is 4.79 Å². The predicted octanol–water partition coefficient (Wildman–Crippen LogP) is 3.57. The number of ketones is 1. The van der Waals surface area contributed by atoms with Gasteiger partial charge in [-0.05, 0) is 57.2 Å². The molecule has 0 aliphatic heterocycles. The van der Waals surface area contributed by atoms with E-state index in [1.165, 1.54) is 24.8 Å². The first kappa shape index (κ1) is 15.6. The second kappa shape index (κ2) is 6.17. The summed E-state index contributed by atoms with van der Waals surface area (Å²) in [5.74, 6) is 2.35. The average molecular weight is 324 g/mol. The minimum absolute atomic E-state index is 0.134. The lowest BCUT2D eigenvalue weighted by molar-refractivity contribution is 0.0992. The van der Waals surface area contributed by atoms with E-state index < -0.39 is 0 Å². The molecule has 0 amide bonds. The maximum Gasteiger partial charge on any atom is 0.167 e. The Morgan fingerprint density at radius 1 is 1.33 bits per heavy atom. The first-order valence-corrected chi connectivity index (χ1v) is 8.90. The van der Waals surface area contributed by atoms with Gasteiger partial charge < -0.3 is 9.84 Å². The molecule has 0 spiro atoms. The van der Waals surface area contributed by atoms with Crippen LogP contribution in [0.2, 0.25) is 0 Å². The molecule has 2 aliphatic carbocycles. The highest BCUT2D eigenvalue weighted by molar-refractivity contribution is 5.97. The maximum atomic E-state index is 12.6. The van der Waals surface area contributed by atoms with Crippen molar-refractivity contribution in [2.24, 2.45) is 5.92 Å². The molecule has 0 saturated heterocycles. The number of nitrogens with zero attached hydrogens (tertiary/aromatic N) is 1. The molecule has 0 bridgehead atoms. The van der Waals surface area contributed by atoms with Crippen LogP contribution in [-0.2, 0) is 6.42 Å². The second-order valence-corrected chi connectivity index (χ2v) is 7.33. The summed E-state index contributed by atoms with van der Waals surface area (Å²) in [6.07, 6.45) is 4.32. The molecule has 2 unspecified atom stereocenters. The van der Waals surface area contributed by atoms with E-state index in [1.54, 1.807) is 0 Å². The highest BCUT2D eigenvalue weighted by Gasteiger charge is 2.39. The number of rotatable bonds is 7. The summed E-state index contributed by atoms with van der Waals surface area (Å²) in [4.78, 5) is 12.6. The van der Waals surface area contributed by atoms with Gasteiger partial charge in [0.2, 0.25) is 0 Å². The van der Waals surface area contributed by atoms with Crippen LogP contribution >= 0.6 is 0 Å². The van der Waals surface area contributed by atoms with Crippen LogP contribution in [0.25, 0.3) is 0 Å². The first-order valence-electron chi connectivity index (χ1n) is 8.90. The van der Waals surface area contributed by atoms with Crippen molar-refractivity contribution in [3.05, 3.63) is 52.4 Å². The van der Waals surface area contributed by atoms with Gasteiger partial charge in [-0.25, -0.2) is 0 Å². The van der Waals surface area contributed by atoms with Crippen molar-refractivity contribution in [2.45, 2.75) is 51.5 Å². The second-order valence-electron chi connectivity index (χ2n) is 7.33. The van der Waals surface area contributed by atoms with Crippen molar-refractivity contribution in [1.29, 1.82) is 0 Å². The smallest absolute Gasteiger partial charge is 0.167 e. The third kappa shape index (κ3) is 3.29. The van der Waals surface area contributed by atoms with Crippen LogP contribution in [0.15, 0.2) is 28.8 Å². The molecular weight excluding hydrogens is 300 g/mol. The van der Waals surface area contributed by atoms with Crippen LogP contribution in [0.5, 0.6) is 0 Å². The van der Waals surface area contributed by atoms with Gasteiger partial charge in [-0.2, -0.15) is 0 Å².